The summed E-state index contributed by atoms with van der Waals surface area (Å²) in [6, 6.07) is 9.87. The Balaban J connectivity index is 1.80. The van der Waals surface area contributed by atoms with E-state index in [1.807, 2.05) is 6.07 Å². The minimum absolute atomic E-state index is 0.0913. The molecule has 2 aromatic heterocycles. The third-order valence-electron chi connectivity index (χ3n) is 4.74. The van der Waals surface area contributed by atoms with E-state index in [-0.39, 0.29) is 17.8 Å². The molecule has 3 aromatic rings. The maximum atomic E-state index is 13.2. The molecule has 1 aliphatic rings. The van der Waals surface area contributed by atoms with Crippen molar-refractivity contribution in [2.75, 3.05) is 16.3 Å². The lowest BCUT2D eigenvalue weighted by atomic mass is 10.1. The van der Waals surface area contributed by atoms with Gasteiger partial charge in [-0.1, -0.05) is 24.3 Å². The van der Waals surface area contributed by atoms with E-state index in [1.165, 1.54) is 11.1 Å². The maximum absolute atomic E-state index is 13.2. The second-order valence-corrected chi connectivity index (χ2v) is 6.48. The van der Waals surface area contributed by atoms with Crippen LogP contribution in [-0.2, 0) is 6.18 Å². The number of rotatable bonds is 2. The number of hydrogen-bond donors (Lipinski definition) is 0. The molecule has 1 unspecified atom stereocenters. The molecule has 30 heavy (non-hydrogen) atoms. The molecule has 0 radical (unpaired) electrons. The Labute approximate surface area is 168 Å². The fourth-order valence-corrected chi connectivity index (χ4v) is 3.37. The van der Waals surface area contributed by atoms with E-state index >= 15 is 0 Å². The van der Waals surface area contributed by atoms with Crippen LogP contribution < -0.4 is 9.80 Å². The van der Waals surface area contributed by atoms with Crippen LogP contribution in [0.3, 0.4) is 0 Å². The highest BCUT2D eigenvalue weighted by Gasteiger charge is 2.42. The zero-order valence-electron chi connectivity index (χ0n) is 15.1. The molecule has 3 heterocycles. The molecule has 0 spiro atoms. The molecule has 1 aromatic carbocycles. The first-order chi connectivity index (χ1) is 14.3. The zero-order chi connectivity index (χ0) is 21.5. The van der Waals surface area contributed by atoms with Gasteiger partial charge in [0.25, 0.3) is 0 Å². The van der Waals surface area contributed by atoms with Gasteiger partial charge in [0, 0.05) is 17.0 Å². The molecule has 2 amide bonds. The second kappa shape index (κ2) is 7.01. The summed E-state index contributed by atoms with van der Waals surface area (Å²) in [7, 11) is 0. The summed E-state index contributed by atoms with van der Waals surface area (Å²) >= 11 is 0. The summed E-state index contributed by atoms with van der Waals surface area (Å²) < 4.78 is 38.8. The molecule has 0 N–H and O–H groups in total. The van der Waals surface area contributed by atoms with Crippen LogP contribution in [0.2, 0.25) is 0 Å². The van der Waals surface area contributed by atoms with Gasteiger partial charge in [0.1, 0.15) is 17.8 Å². The molecular formula is C20H11F3N6O. The fraction of sp³-hybridized carbons (Fsp3) is 0.150. The average molecular weight is 408 g/mol. The Kier molecular flexibility index (Phi) is 4.47. The first-order valence-corrected chi connectivity index (χ1v) is 8.65. The molecule has 4 rings (SSSR count). The summed E-state index contributed by atoms with van der Waals surface area (Å²) in [5.74, 6) is 0. The number of nitriles is 2. The fourth-order valence-electron chi connectivity index (χ4n) is 3.37. The molecular weight excluding hydrogens is 397 g/mol. The van der Waals surface area contributed by atoms with Crippen molar-refractivity contribution in [1.29, 1.82) is 10.5 Å². The van der Waals surface area contributed by atoms with Crippen LogP contribution in [0.25, 0.3) is 10.8 Å². The largest absolute Gasteiger partial charge is 0.433 e. The predicted octanol–water partition coefficient (Wildman–Crippen LogP) is 3.86. The lowest BCUT2D eigenvalue weighted by Crippen LogP contribution is -2.35. The molecule has 1 saturated heterocycles. The molecule has 1 aliphatic heterocycles. The number of fused-ring (bicyclic) bond motifs is 1. The van der Waals surface area contributed by atoms with E-state index in [0.29, 0.717) is 17.1 Å². The number of halogens is 3. The van der Waals surface area contributed by atoms with Gasteiger partial charge in [-0.05, 0) is 6.07 Å². The zero-order valence-corrected chi connectivity index (χ0v) is 15.1. The Morgan fingerprint density at radius 2 is 1.87 bits per heavy atom. The molecule has 0 bridgehead atoms. The number of anilines is 2. The number of aromatic nitrogens is 2. The summed E-state index contributed by atoms with van der Waals surface area (Å²) in [6.07, 6.45) is -0.829. The number of amides is 2. The van der Waals surface area contributed by atoms with E-state index in [0.717, 1.165) is 16.5 Å². The molecule has 0 saturated carbocycles. The summed E-state index contributed by atoms with van der Waals surface area (Å²) in [5, 5.41) is 20.4. The second-order valence-electron chi connectivity index (χ2n) is 6.48. The molecule has 1 fully saturated rings. The van der Waals surface area contributed by atoms with Gasteiger partial charge in [0.15, 0.2) is 0 Å². The Hall–Kier alpha value is -4.18. The van der Waals surface area contributed by atoms with Gasteiger partial charge in [-0.15, -0.1) is 0 Å². The number of hydrogen-bond acceptors (Lipinski definition) is 5. The number of benzene rings is 1. The van der Waals surface area contributed by atoms with E-state index in [4.69, 9.17) is 0 Å². The molecule has 1 atom stereocenters. The number of urea groups is 1. The van der Waals surface area contributed by atoms with Crippen molar-refractivity contribution in [3.05, 3.63) is 60.2 Å². The first-order valence-electron chi connectivity index (χ1n) is 8.65. The van der Waals surface area contributed by atoms with Crippen molar-refractivity contribution in [2.45, 2.75) is 12.2 Å². The predicted molar refractivity (Wildman–Crippen MR) is 100 cm³/mol. The van der Waals surface area contributed by atoms with Gasteiger partial charge in [-0.25, -0.2) is 9.78 Å². The number of carbonyl (C=O) groups excluding carboxylic acids is 1. The smallest absolute Gasteiger partial charge is 0.288 e. The van der Waals surface area contributed by atoms with Crippen LogP contribution in [0.4, 0.5) is 29.3 Å². The van der Waals surface area contributed by atoms with Crippen molar-refractivity contribution in [3.63, 3.8) is 0 Å². The summed E-state index contributed by atoms with van der Waals surface area (Å²) in [5.41, 5.74) is -1.29. The van der Waals surface area contributed by atoms with Gasteiger partial charge < -0.3 is 0 Å². The number of carbonyl (C=O) groups is 1. The van der Waals surface area contributed by atoms with Crippen LogP contribution in [-0.4, -0.2) is 28.6 Å². The van der Waals surface area contributed by atoms with Gasteiger partial charge in [0.05, 0.1) is 41.9 Å². The quantitative estimate of drug-likeness (QED) is 0.642. The van der Waals surface area contributed by atoms with E-state index in [9.17, 15) is 28.5 Å². The number of alkyl halides is 3. The number of nitrogens with zero attached hydrogens (tertiary/aromatic N) is 6. The van der Waals surface area contributed by atoms with Crippen LogP contribution in [0.15, 0.2) is 48.9 Å². The summed E-state index contributed by atoms with van der Waals surface area (Å²) in [4.78, 5) is 23.0. The van der Waals surface area contributed by atoms with Gasteiger partial charge >= 0.3 is 12.2 Å². The van der Waals surface area contributed by atoms with Crippen molar-refractivity contribution < 1.29 is 18.0 Å². The molecule has 10 heteroatoms. The van der Waals surface area contributed by atoms with E-state index in [1.54, 1.807) is 36.5 Å². The molecule has 7 nitrogen and oxygen atoms in total. The van der Waals surface area contributed by atoms with Crippen molar-refractivity contribution in [2.24, 2.45) is 0 Å². The normalized spacial score (nSPS) is 16.6. The minimum atomic E-state index is -4.73. The van der Waals surface area contributed by atoms with E-state index < -0.39 is 23.9 Å². The van der Waals surface area contributed by atoms with Crippen LogP contribution >= 0.6 is 0 Å². The average Bonchev–Trinajstić information content (AvgIpc) is 3.08. The van der Waals surface area contributed by atoms with Crippen LogP contribution in [0.1, 0.15) is 11.3 Å². The number of pyridine rings is 2. The molecule has 0 aliphatic carbocycles. The molecule has 148 valence electrons. The van der Waals surface area contributed by atoms with Gasteiger partial charge in [0.2, 0.25) is 0 Å². The Morgan fingerprint density at radius 1 is 1.10 bits per heavy atom. The highest BCUT2D eigenvalue weighted by molar-refractivity contribution is 6.12. The highest BCUT2D eigenvalue weighted by atomic mass is 19.4. The SMILES string of the molecule is N#Cc1cc(C(F)(F)F)ncc1N1CC(C#N)N(c2cncc3ccccc23)C1=O. The van der Waals surface area contributed by atoms with Crippen molar-refractivity contribution in [3.8, 4) is 12.1 Å². The van der Waals surface area contributed by atoms with E-state index in [2.05, 4.69) is 9.97 Å². The minimum Gasteiger partial charge on any atom is -0.288 e. The van der Waals surface area contributed by atoms with Gasteiger partial charge in [-0.2, -0.15) is 23.7 Å². The van der Waals surface area contributed by atoms with Crippen molar-refractivity contribution >= 4 is 28.2 Å². The Morgan fingerprint density at radius 3 is 2.57 bits per heavy atom. The lowest BCUT2D eigenvalue weighted by molar-refractivity contribution is -0.141. The third kappa shape index (κ3) is 3.05. The van der Waals surface area contributed by atoms with Crippen molar-refractivity contribution in [1.82, 2.24) is 9.97 Å². The Bertz CT molecular complexity index is 1240. The standard InChI is InChI=1S/C20H11F3N6O/c21-20(22,23)18-5-13(6-24)16(10-27-18)28-11-14(7-25)29(19(28)30)17-9-26-8-12-3-1-2-4-15(12)17/h1-5,8-10,14H,11H2. The van der Waals surface area contributed by atoms with Gasteiger partial charge in [-0.3, -0.25) is 14.8 Å². The van der Waals surface area contributed by atoms with Crippen LogP contribution in [0, 0.1) is 22.7 Å². The first kappa shape index (κ1) is 19.2. The highest BCUT2D eigenvalue weighted by Crippen LogP contribution is 2.35. The third-order valence-corrected chi connectivity index (χ3v) is 4.74. The topological polar surface area (TPSA) is 96.9 Å². The summed E-state index contributed by atoms with van der Waals surface area (Å²) in [6.45, 7) is -0.139. The monoisotopic (exact) mass is 408 g/mol. The van der Waals surface area contributed by atoms with Crippen LogP contribution in [0.5, 0.6) is 0 Å². The lowest BCUT2D eigenvalue weighted by Gasteiger charge is -2.21. The maximum Gasteiger partial charge on any atom is 0.433 e.